The van der Waals surface area contributed by atoms with E-state index in [0.717, 1.165) is 10.4 Å². The summed E-state index contributed by atoms with van der Waals surface area (Å²) in [7, 11) is 0. The minimum atomic E-state index is -0.810. The molecule has 0 saturated carbocycles. The molecule has 0 saturated heterocycles. The van der Waals surface area contributed by atoms with E-state index in [0.29, 0.717) is 5.75 Å². The molecule has 1 aromatic heterocycles. The number of rotatable bonds is 2. The average Bonchev–Trinajstić information content (AvgIpc) is 2.48. The number of carboxylic acid groups (broad SMARTS) is 1. The summed E-state index contributed by atoms with van der Waals surface area (Å²) in [6, 6.07) is 1.80. The molecular formula is C9H8O2S2. The Labute approximate surface area is 86.0 Å². The number of thiophene rings is 1. The van der Waals surface area contributed by atoms with Crippen molar-refractivity contribution in [2.45, 2.75) is 6.42 Å². The summed E-state index contributed by atoms with van der Waals surface area (Å²) >= 11 is 5.37. The molecule has 0 aromatic carbocycles. The molecule has 0 aliphatic carbocycles. The van der Waals surface area contributed by atoms with Crippen molar-refractivity contribution in [3.63, 3.8) is 0 Å². The molecule has 1 rings (SSSR count). The van der Waals surface area contributed by atoms with Gasteiger partial charge >= 0.3 is 5.97 Å². The Hall–Kier alpha value is -0.920. The van der Waals surface area contributed by atoms with Crippen molar-refractivity contribution < 1.29 is 9.90 Å². The fourth-order valence-electron chi connectivity index (χ4n) is 0.830. The molecule has 0 spiro atoms. The lowest BCUT2D eigenvalue weighted by Gasteiger charge is -1.85. The highest BCUT2D eigenvalue weighted by atomic mass is 32.1. The maximum atomic E-state index is 10.4. The van der Waals surface area contributed by atoms with Crippen molar-refractivity contribution in [1.82, 2.24) is 0 Å². The van der Waals surface area contributed by atoms with Crippen LogP contribution in [0.4, 0.5) is 0 Å². The minimum Gasteiger partial charge on any atom is -0.481 e. The lowest BCUT2D eigenvalue weighted by molar-refractivity contribution is -0.136. The third kappa shape index (κ3) is 3.53. The first-order valence-electron chi connectivity index (χ1n) is 3.61. The van der Waals surface area contributed by atoms with Gasteiger partial charge in [0, 0.05) is 15.8 Å². The van der Waals surface area contributed by atoms with E-state index in [-0.39, 0.29) is 6.42 Å². The maximum Gasteiger partial charge on any atom is 0.308 e. The molecule has 0 unspecified atom stereocenters. The van der Waals surface area contributed by atoms with Gasteiger partial charge in [-0.15, -0.1) is 11.3 Å². The molecule has 2 nitrogen and oxygen atoms in total. The molecule has 0 aliphatic rings. The van der Waals surface area contributed by atoms with Gasteiger partial charge < -0.3 is 5.11 Å². The molecular weight excluding hydrogens is 204 g/mol. The molecule has 1 heterocycles. The first-order chi connectivity index (χ1) is 6.22. The van der Waals surface area contributed by atoms with E-state index < -0.39 is 5.97 Å². The predicted octanol–water partition coefficient (Wildman–Crippen LogP) is 1.66. The van der Waals surface area contributed by atoms with E-state index in [1.54, 1.807) is 6.07 Å². The average molecular weight is 212 g/mol. The van der Waals surface area contributed by atoms with Crippen molar-refractivity contribution in [1.29, 1.82) is 0 Å². The van der Waals surface area contributed by atoms with Crippen LogP contribution in [0.5, 0.6) is 0 Å². The molecule has 0 bridgehead atoms. The molecule has 1 N–H and O–H groups in total. The maximum absolute atomic E-state index is 10.4. The lowest BCUT2D eigenvalue weighted by Crippen LogP contribution is -1.97. The summed E-state index contributed by atoms with van der Waals surface area (Å²) in [5.74, 6) is 5.39. The van der Waals surface area contributed by atoms with Crippen molar-refractivity contribution in [3.8, 4) is 11.8 Å². The van der Waals surface area contributed by atoms with E-state index in [1.807, 2.05) is 5.38 Å². The van der Waals surface area contributed by atoms with Crippen LogP contribution >= 0.6 is 24.0 Å². The van der Waals surface area contributed by atoms with E-state index in [1.165, 1.54) is 11.3 Å². The van der Waals surface area contributed by atoms with Gasteiger partial charge in [-0.2, -0.15) is 12.6 Å². The van der Waals surface area contributed by atoms with Crippen molar-refractivity contribution >= 4 is 29.9 Å². The van der Waals surface area contributed by atoms with Gasteiger partial charge in [0.2, 0.25) is 0 Å². The first kappa shape index (κ1) is 10.2. The van der Waals surface area contributed by atoms with Crippen LogP contribution in [-0.4, -0.2) is 16.8 Å². The van der Waals surface area contributed by atoms with Gasteiger partial charge in [0.1, 0.15) is 0 Å². The number of hydrogen-bond donors (Lipinski definition) is 2. The first-order valence-corrected chi connectivity index (χ1v) is 5.12. The number of hydrogen-bond acceptors (Lipinski definition) is 3. The van der Waals surface area contributed by atoms with Crippen LogP contribution in [0.1, 0.15) is 10.4 Å². The zero-order valence-corrected chi connectivity index (χ0v) is 8.49. The van der Waals surface area contributed by atoms with E-state index in [2.05, 4.69) is 24.5 Å². The monoisotopic (exact) mass is 212 g/mol. The van der Waals surface area contributed by atoms with Gasteiger partial charge in [-0.3, -0.25) is 4.79 Å². The molecule has 1 aromatic rings. The highest BCUT2D eigenvalue weighted by Gasteiger charge is 2.02. The van der Waals surface area contributed by atoms with Gasteiger partial charge in [-0.25, -0.2) is 0 Å². The second-order valence-electron chi connectivity index (χ2n) is 2.33. The summed E-state index contributed by atoms with van der Waals surface area (Å²) in [6.07, 6.45) is 0.0766. The Kier molecular flexibility index (Phi) is 3.87. The van der Waals surface area contributed by atoms with Crippen LogP contribution in [0.25, 0.3) is 0 Å². The summed E-state index contributed by atoms with van der Waals surface area (Å²) in [5, 5.41) is 10.4. The minimum absolute atomic E-state index is 0.0766. The second kappa shape index (κ2) is 4.95. The highest BCUT2D eigenvalue weighted by Crippen LogP contribution is 2.14. The third-order valence-corrected chi connectivity index (χ3v) is 2.39. The van der Waals surface area contributed by atoms with Crippen molar-refractivity contribution in [2.75, 3.05) is 5.75 Å². The van der Waals surface area contributed by atoms with Crippen LogP contribution in [0, 0.1) is 11.8 Å². The van der Waals surface area contributed by atoms with Crippen LogP contribution in [0.2, 0.25) is 0 Å². The smallest absolute Gasteiger partial charge is 0.308 e. The Morgan fingerprint density at radius 1 is 1.69 bits per heavy atom. The van der Waals surface area contributed by atoms with Crippen molar-refractivity contribution in [3.05, 3.63) is 21.9 Å². The van der Waals surface area contributed by atoms with Gasteiger partial charge in [-0.05, 0) is 6.07 Å². The van der Waals surface area contributed by atoms with Crippen LogP contribution in [-0.2, 0) is 11.2 Å². The van der Waals surface area contributed by atoms with Crippen molar-refractivity contribution in [2.24, 2.45) is 0 Å². The van der Waals surface area contributed by atoms with Gasteiger partial charge in [0.25, 0.3) is 0 Å². The fraction of sp³-hybridized carbons (Fsp3) is 0.222. The summed E-state index contributed by atoms with van der Waals surface area (Å²) in [4.78, 5) is 11.2. The molecule has 0 radical (unpaired) electrons. The number of carboxylic acids is 1. The number of thiol groups is 1. The standard InChI is InChI=1S/C9H8O2S2/c10-9(11)5-8-4-7(6-13-8)2-1-3-12/h4,6,12H,3,5H2,(H,10,11). The van der Waals surface area contributed by atoms with Gasteiger partial charge in [0.05, 0.1) is 12.2 Å². The largest absolute Gasteiger partial charge is 0.481 e. The number of aliphatic carboxylic acids is 1. The van der Waals surface area contributed by atoms with Crippen LogP contribution in [0.15, 0.2) is 11.4 Å². The molecule has 0 aliphatic heterocycles. The SMILES string of the molecule is O=C(O)Cc1cc(C#CCS)cs1. The Bertz CT molecular complexity index is 357. The lowest BCUT2D eigenvalue weighted by atomic mass is 10.3. The number of carbonyl (C=O) groups is 1. The Morgan fingerprint density at radius 3 is 3.08 bits per heavy atom. The van der Waals surface area contributed by atoms with Crippen LogP contribution in [0.3, 0.4) is 0 Å². The zero-order chi connectivity index (χ0) is 9.68. The second-order valence-corrected chi connectivity index (χ2v) is 3.64. The predicted molar refractivity (Wildman–Crippen MR) is 56.4 cm³/mol. The summed E-state index contributed by atoms with van der Waals surface area (Å²) in [5.41, 5.74) is 0.871. The van der Waals surface area contributed by atoms with E-state index in [9.17, 15) is 4.79 Å². The van der Waals surface area contributed by atoms with E-state index >= 15 is 0 Å². The normalized spacial score (nSPS) is 9.00. The zero-order valence-electron chi connectivity index (χ0n) is 6.78. The fourth-order valence-corrected chi connectivity index (χ4v) is 1.72. The Morgan fingerprint density at radius 2 is 2.46 bits per heavy atom. The summed E-state index contributed by atoms with van der Waals surface area (Å²) in [6.45, 7) is 0. The molecule has 0 fully saturated rings. The quantitative estimate of drug-likeness (QED) is 0.578. The van der Waals surface area contributed by atoms with Gasteiger partial charge in [0.15, 0.2) is 0 Å². The summed E-state index contributed by atoms with van der Waals surface area (Å²) < 4.78 is 0. The molecule has 0 amide bonds. The van der Waals surface area contributed by atoms with Gasteiger partial charge in [-0.1, -0.05) is 11.8 Å². The Balaban J connectivity index is 2.69. The highest BCUT2D eigenvalue weighted by molar-refractivity contribution is 7.80. The molecule has 0 atom stereocenters. The molecule has 13 heavy (non-hydrogen) atoms. The molecule has 4 heteroatoms. The van der Waals surface area contributed by atoms with E-state index in [4.69, 9.17) is 5.11 Å². The third-order valence-electron chi connectivity index (χ3n) is 1.29. The van der Waals surface area contributed by atoms with Crippen LogP contribution < -0.4 is 0 Å². The molecule has 68 valence electrons. The topological polar surface area (TPSA) is 37.3 Å².